The number of amides is 1. The van der Waals surface area contributed by atoms with E-state index in [9.17, 15) is 17.6 Å². The molecule has 0 spiro atoms. The summed E-state index contributed by atoms with van der Waals surface area (Å²) < 4.78 is 46.6. The predicted octanol–water partition coefficient (Wildman–Crippen LogP) is 5.58. The first-order valence-corrected chi connectivity index (χ1v) is 12.2. The molecule has 34 heavy (non-hydrogen) atoms. The molecule has 4 aromatic carbocycles. The highest BCUT2D eigenvalue weighted by Gasteiger charge is 2.20. The van der Waals surface area contributed by atoms with Gasteiger partial charge in [-0.2, -0.15) is 0 Å². The minimum atomic E-state index is -3.86. The van der Waals surface area contributed by atoms with Gasteiger partial charge in [-0.1, -0.05) is 43.3 Å². The van der Waals surface area contributed by atoms with Gasteiger partial charge in [-0.15, -0.1) is 0 Å². The van der Waals surface area contributed by atoms with E-state index in [4.69, 9.17) is 4.74 Å². The molecule has 4 rings (SSSR count). The molecule has 0 heterocycles. The third-order valence-corrected chi connectivity index (χ3v) is 6.61. The zero-order valence-electron chi connectivity index (χ0n) is 18.4. The Bertz CT molecular complexity index is 1400. The molecular weight excluding hydrogens is 455 g/mol. The smallest absolute Gasteiger partial charge is 0.265 e. The first-order valence-electron chi connectivity index (χ1n) is 10.7. The molecule has 6 nitrogen and oxygen atoms in total. The number of nitrogens with one attached hydrogen (secondary N) is 2. The number of hydrogen-bond donors (Lipinski definition) is 2. The van der Waals surface area contributed by atoms with E-state index in [1.807, 2.05) is 49.4 Å². The number of fused-ring (bicyclic) bond motifs is 1. The molecule has 0 aliphatic heterocycles. The summed E-state index contributed by atoms with van der Waals surface area (Å²) in [5, 5.41) is 4.71. The highest BCUT2D eigenvalue weighted by Crippen LogP contribution is 2.27. The van der Waals surface area contributed by atoms with Crippen molar-refractivity contribution in [3.05, 3.63) is 96.8 Å². The second-order valence-corrected chi connectivity index (χ2v) is 9.30. The molecule has 1 unspecified atom stereocenters. The number of halogens is 1. The van der Waals surface area contributed by atoms with Crippen LogP contribution in [0.2, 0.25) is 0 Å². The molecule has 2 N–H and O–H groups in total. The Labute approximate surface area is 197 Å². The lowest BCUT2D eigenvalue weighted by Gasteiger charge is -2.18. The quantitative estimate of drug-likeness (QED) is 0.346. The molecular formula is C26H23FN2O4S. The van der Waals surface area contributed by atoms with Crippen molar-refractivity contribution >= 4 is 38.1 Å². The largest absolute Gasteiger partial charge is 0.480 e. The number of benzene rings is 4. The van der Waals surface area contributed by atoms with Crippen LogP contribution in [0, 0.1) is 5.82 Å². The Balaban J connectivity index is 1.44. The summed E-state index contributed by atoms with van der Waals surface area (Å²) in [6, 6.07) is 24.2. The third kappa shape index (κ3) is 5.35. The van der Waals surface area contributed by atoms with E-state index < -0.39 is 21.9 Å². The lowest BCUT2D eigenvalue weighted by atomic mass is 10.1. The number of sulfonamides is 1. The maximum absolute atomic E-state index is 13.0. The monoisotopic (exact) mass is 478 g/mol. The number of carbonyl (C=O) groups is 1. The van der Waals surface area contributed by atoms with Crippen LogP contribution in [-0.4, -0.2) is 20.4 Å². The van der Waals surface area contributed by atoms with Gasteiger partial charge in [-0.25, -0.2) is 12.8 Å². The summed E-state index contributed by atoms with van der Waals surface area (Å²) in [6.07, 6.45) is -0.280. The van der Waals surface area contributed by atoms with Crippen molar-refractivity contribution in [2.45, 2.75) is 24.3 Å². The minimum Gasteiger partial charge on any atom is -0.480 e. The van der Waals surface area contributed by atoms with Crippen LogP contribution in [0.4, 0.5) is 15.8 Å². The highest BCUT2D eigenvalue weighted by molar-refractivity contribution is 7.92. The molecule has 0 aliphatic carbocycles. The van der Waals surface area contributed by atoms with Gasteiger partial charge in [0.05, 0.1) is 4.90 Å². The van der Waals surface area contributed by atoms with E-state index in [0.29, 0.717) is 17.9 Å². The molecule has 0 saturated carbocycles. The molecule has 174 valence electrons. The van der Waals surface area contributed by atoms with Crippen LogP contribution < -0.4 is 14.8 Å². The predicted molar refractivity (Wildman–Crippen MR) is 131 cm³/mol. The van der Waals surface area contributed by atoms with E-state index in [-0.39, 0.29) is 16.5 Å². The molecule has 0 aromatic heterocycles. The number of ether oxygens (including phenoxy) is 1. The van der Waals surface area contributed by atoms with E-state index in [1.165, 1.54) is 48.5 Å². The molecule has 0 saturated heterocycles. The third-order valence-electron chi connectivity index (χ3n) is 5.21. The Morgan fingerprint density at radius 1 is 0.882 bits per heavy atom. The average molecular weight is 479 g/mol. The van der Waals surface area contributed by atoms with Crippen molar-refractivity contribution < 1.29 is 22.3 Å². The van der Waals surface area contributed by atoms with Crippen LogP contribution in [-0.2, 0) is 14.8 Å². The van der Waals surface area contributed by atoms with Crippen molar-refractivity contribution in [3.63, 3.8) is 0 Å². The summed E-state index contributed by atoms with van der Waals surface area (Å²) in [5.74, 6) is -0.179. The summed E-state index contributed by atoms with van der Waals surface area (Å²) in [6.45, 7) is 1.85. The van der Waals surface area contributed by atoms with Crippen LogP contribution >= 0.6 is 0 Å². The summed E-state index contributed by atoms with van der Waals surface area (Å²) >= 11 is 0. The fourth-order valence-electron chi connectivity index (χ4n) is 3.45. The second kappa shape index (κ2) is 9.93. The van der Waals surface area contributed by atoms with Gasteiger partial charge < -0.3 is 10.1 Å². The summed E-state index contributed by atoms with van der Waals surface area (Å²) in [4.78, 5) is 12.8. The zero-order valence-corrected chi connectivity index (χ0v) is 19.2. The van der Waals surface area contributed by atoms with E-state index >= 15 is 0 Å². The summed E-state index contributed by atoms with van der Waals surface area (Å²) in [7, 11) is -3.86. The number of hydrogen-bond acceptors (Lipinski definition) is 4. The lowest BCUT2D eigenvalue weighted by Crippen LogP contribution is -2.32. The molecule has 1 amide bonds. The van der Waals surface area contributed by atoms with Gasteiger partial charge in [0.1, 0.15) is 11.6 Å². The van der Waals surface area contributed by atoms with Crippen LogP contribution in [0.3, 0.4) is 0 Å². The van der Waals surface area contributed by atoms with Crippen LogP contribution in [0.1, 0.15) is 13.3 Å². The van der Waals surface area contributed by atoms with Crippen LogP contribution in [0.25, 0.3) is 10.8 Å². The second-order valence-electron chi connectivity index (χ2n) is 7.62. The van der Waals surface area contributed by atoms with Crippen LogP contribution in [0.5, 0.6) is 5.75 Å². The van der Waals surface area contributed by atoms with Crippen molar-refractivity contribution in [1.29, 1.82) is 0 Å². The highest BCUT2D eigenvalue weighted by atomic mass is 32.2. The first kappa shape index (κ1) is 23.3. The molecule has 0 radical (unpaired) electrons. The van der Waals surface area contributed by atoms with Gasteiger partial charge in [-0.3, -0.25) is 9.52 Å². The standard InChI is InChI=1S/C26H23FN2O4S/c1-2-24(33-25-9-5-7-18-6-3-4-8-23(18)25)26(30)28-20-14-16-22(17-15-20)34(31,32)29-21-12-10-19(27)11-13-21/h3-17,24,29H,2H2,1H3,(H,28,30). The molecule has 0 bridgehead atoms. The Kier molecular flexibility index (Phi) is 6.79. The number of anilines is 2. The van der Waals surface area contributed by atoms with E-state index in [2.05, 4.69) is 10.0 Å². The normalized spacial score (nSPS) is 12.2. The first-order chi connectivity index (χ1) is 16.4. The zero-order chi connectivity index (χ0) is 24.1. The molecule has 1 atom stereocenters. The summed E-state index contributed by atoms with van der Waals surface area (Å²) in [5.41, 5.74) is 0.681. The minimum absolute atomic E-state index is 0.00821. The number of rotatable bonds is 8. The fraction of sp³-hybridized carbons (Fsp3) is 0.115. The van der Waals surface area contributed by atoms with Gasteiger partial charge in [0.15, 0.2) is 6.10 Å². The van der Waals surface area contributed by atoms with Gasteiger partial charge in [-0.05, 0) is 66.4 Å². The van der Waals surface area contributed by atoms with Gasteiger partial charge in [0.2, 0.25) is 0 Å². The fourth-order valence-corrected chi connectivity index (χ4v) is 4.50. The Morgan fingerprint density at radius 3 is 2.24 bits per heavy atom. The average Bonchev–Trinajstić information content (AvgIpc) is 2.84. The SMILES string of the molecule is CCC(Oc1cccc2ccccc12)C(=O)Nc1ccc(S(=O)(=O)Nc2ccc(F)cc2)cc1. The Morgan fingerprint density at radius 2 is 1.53 bits per heavy atom. The molecule has 0 fully saturated rings. The van der Waals surface area contributed by atoms with Gasteiger partial charge >= 0.3 is 0 Å². The van der Waals surface area contributed by atoms with E-state index in [0.717, 1.165) is 10.8 Å². The Hall–Kier alpha value is -3.91. The van der Waals surface area contributed by atoms with Crippen molar-refractivity contribution in [1.82, 2.24) is 0 Å². The van der Waals surface area contributed by atoms with Gasteiger partial charge in [0.25, 0.3) is 15.9 Å². The maximum Gasteiger partial charge on any atom is 0.265 e. The molecule has 4 aromatic rings. The molecule has 8 heteroatoms. The van der Waals surface area contributed by atoms with Crippen molar-refractivity contribution in [2.24, 2.45) is 0 Å². The topological polar surface area (TPSA) is 84.5 Å². The van der Waals surface area contributed by atoms with Crippen LogP contribution in [0.15, 0.2) is 95.9 Å². The number of carbonyl (C=O) groups excluding carboxylic acids is 1. The lowest BCUT2D eigenvalue weighted by molar-refractivity contribution is -0.122. The van der Waals surface area contributed by atoms with Crippen molar-refractivity contribution in [3.8, 4) is 5.75 Å². The van der Waals surface area contributed by atoms with E-state index in [1.54, 1.807) is 0 Å². The van der Waals surface area contributed by atoms with Crippen molar-refractivity contribution in [2.75, 3.05) is 10.0 Å². The molecule has 0 aliphatic rings. The van der Waals surface area contributed by atoms with Gasteiger partial charge in [0, 0.05) is 16.8 Å². The maximum atomic E-state index is 13.0.